The second-order valence-electron chi connectivity index (χ2n) is 5.90. The summed E-state index contributed by atoms with van der Waals surface area (Å²) in [5.41, 5.74) is 7.18. The Bertz CT molecular complexity index is 567. The molecular formula is C17H24N2O3. The number of nitrogens with one attached hydrogen (secondary N) is 1. The Balaban J connectivity index is 2.11. The van der Waals surface area contributed by atoms with E-state index in [4.69, 9.17) is 15.2 Å². The van der Waals surface area contributed by atoms with Gasteiger partial charge in [0.05, 0.1) is 12.7 Å². The van der Waals surface area contributed by atoms with Gasteiger partial charge >= 0.3 is 0 Å². The van der Waals surface area contributed by atoms with Gasteiger partial charge in [-0.2, -0.15) is 0 Å². The van der Waals surface area contributed by atoms with Gasteiger partial charge in [-0.25, -0.2) is 0 Å². The standard InChI is InChI=1S/C17H24N2O3/c1-11(2)6-14(9-18)19-17(20)13-7-12-8-15(21-3)4-5-16(12)22-10-13/h4-5,7-8,11,14H,6,9-10,18H2,1-3H3,(H,19,20). The monoisotopic (exact) mass is 304 g/mol. The first-order valence-electron chi connectivity index (χ1n) is 7.55. The van der Waals surface area contributed by atoms with Crippen LogP contribution in [-0.2, 0) is 4.79 Å². The van der Waals surface area contributed by atoms with Crippen LogP contribution in [0.15, 0.2) is 23.8 Å². The summed E-state index contributed by atoms with van der Waals surface area (Å²) < 4.78 is 10.8. The molecule has 0 fully saturated rings. The molecule has 0 saturated heterocycles. The number of amides is 1. The van der Waals surface area contributed by atoms with Crippen molar-refractivity contribution >= 4 is 12.0 Å². The lowest BCUT2D eigenvalue weighted by Crippen LogP contribution is -2.42. The van der Waals surface area contributed by atoms with Crippen molar-refractivity contribution in [2.45, 2.75) is 26.3 Å². The minimum absolute atomic E-state index is 0.0138. The fraction of sp³-hybridized carbons (Fsp3) is 0.471. The summed E-state index contributed by atoms with van der Waals surface area (Å²) in [7, 11) is 1.61. The fourth-order valence-electron chi connectivity index (χ4n) is 2.47. The van der Waals surface area contributed by atoms with Crippen molar-refractivity contribution < 1.29 is 14.3 Å². The summed E-state index contributed by atoms with van der Waals surface area (Å²) in [6.45, 7) is 4.92. The number of rotatable bonds is 6. The summed E-state index contributed by atoms with van der Waals surface area (Å²) in [6.07, 6.45) is 2.71. The minimum atomic E-state index is -0.121. The lowest BCUT2D eigenvalue weighted by molar-refractivity contribution is -0.118. The summed E-state index contributed by atoms with van der Waals surface area (Å²) in [4.78, 5) is 12.4. The van der Waals surface area contributed by atoms with Gasteiger partial charge in [-0.05, 0) is 36.6 Å². The molecule has 0 bridgehead atoms. The van der Waals surface area contributed by atoms with Crippen molar-refractivity contribution in [2.75, 3.05) is 20.3 Å². The number of carbonyl (C=O) groups excluding carboxylic acids is 1. The smallest absolute Gasteiger partial charge is 0.250 e. The third kappa shape index (κ3) is 4.01. The van der Waals surface area contributed by atoms with Crippen LogP contribution < -0.4 is 20.5 Å². The molecule has 120 valence electrons. The van der Waals surface area contributed by atoms with Gasteiger partial charge in [-0.15, -0.1) is 0 Å². The van der Waals surface area contributed by atoms with Crippen molar-refractivity contribution in [3.05, 3.63) is 29.3 Å². The number of nitrogens with two attached hydrogens (primary N) is 1. The molecule has 1 aromatic carbocycles. The van der Waals surface area contributed by atoms with E-state index in [1.165, 1.54) is 0 Å². The maximum Gasteiger partial charge on any atom is 0.250 e. The van der Waals surface area contributed by atoms with Gasteiger partial charge in [-0.3, -0.25) is 4.79 Å². The zero-order chi connectivity index (χ0) is 16.1. The van der Waals surface area contributed by atoms with Crippen LogP contribution in [0.25, 0.3) is 6.08 Å². The van der Waals surface area contributed by atoms with Gasteiger partial charge in [0.1, 0.15) is 18.1 Å². The van der Waals surface area contributed by atoms with E-state index >= 15 is 0 Å². The number of carbonyl (C=O) groups is 1. The van der Waals surface area contributed by atoms with E-state index in [9.17, 15) is 4.79 Å². The number of benzene rings is 1. The fourth-order valence-corrected chi connectivity index (χ4v) is 2.47. The van der Waals surface area contributed by atoms with Crippen LogP contribution in [0.1, 0.15) is 25.8 Å². The predicted molar refractivity (Wildman–Crippen MR) is 86.9 cm³/mol. The molecule has 1 unspecified atom stereocenters. The first kappa shape index (κ1) is 16.4. The predicted octanol–water partition coefficient (Wildman–Crippen LogP) is 1.96. The molecule has 0 spiro atoms. The topological polar surface area (TPSA) is 73.6 Å². The van der Waals surface area contributed by atoms with E-state index in [2.05, 4.69) is 19.2 Å². The third-order valence-corrected chi connectivity index (χ3v) is 3.60. The van der Waals surface area contributed by atoms with E-state index in [0.717, 1.165) is 23.5 Å². The lowest BCUT2D eigenvalue weighted by atomic mass is 10.0. The van der Waals surface area contributed by atoms with Gasteiger partial charge in [0.15, 0.2) is 0 Å². The van der Waals surface area contributed by atoms with Gasteiger partial charge in [-0.1, -0.05) is 13.8 Å². The molecule has 5 heteroatoms. The van der Waals surface area contributed by atoms with Crippen molar-refractivity contribution in [1.29, 1.82) is 0 Å². The van der Waals surface area contributed by atoms with Gasteiger partial charge in [0.2, 0.25) is 0 Å². The Kier molecular flexibility index (Phi) is 5.44. The van der Waals surface area contributed by atoms with Crippen molar-refractivity contribution in [3.63, 3.8) is 0 Å². The van der Waals surface area contributed by atoms with Crippen molar-refractivity contribution in [1.82, 2.24) is 5.32 Å². The molecule has 3 N–H and O–H groups in total. The number of ether oxygens (including phenoxy) is 2. The molecule has 5 nitrogen and oxygen atoms in total. The molecule has 1 amide bonds. The average Bonchev–Trinajstić information content (AvgIpc) is 2.52. The van der Waals surface area contributed by atoms with E-state index in [-0.39, 0.29) is 18.6 Å². The van der Waals surface area contributed by atoms with Crippen LogP contribution in [0.4, 0.5) is 0 Å². The summed E-state index contributed by atoms with van der Waals surface area (Å²) in [5, 5.41) is 2.98. The quantitative estimate of drug-likeness (QED) is 0.842. The van der Waals surface area contributed by atoms with Crippen molar-refractivity contribution in [2.24, 2.45) is 11.7 Å². The molecule has 0 saturated carbocycles. The second kappa shape index (κ2) is 7.31. The van der Waals surface area contributed by atoms with Crippen LogP contribution in [0.3, 0.4) is 0 Å². The molecule has 1 aliphatic rings. The summed E-state index contributed by atoms with van der Waals surface area (Å²) in [5.74, 6) is 1.86. The summed E-state index contributed by atoms with van der Waals surface area (Å²) >= 11 is 0. The molecular weight excluding hydrogens is 280 g/mol. The largest absolute Gasteiger partial charge is 0.497 e. The third-order valence-electron chi connectivity index (χ3n) is 3.60. The first-order chi connectivity index (χ1) is 10.5. The Labute approximate surface area is 131 Å². The highest BCUT2D eigenvalue weighted by Crippen LogP contribution is 2.29. The van der Waals surface area contributed by atoms with E-state index < -0.39 is 0 Å². The Morgan fingerprint density at radius 3 is 2.86 bits per heavy atom. The number of hydrogen-bond acceptors (Lipinski definition) is 4. The van der Waals surface area contributed by atoms with Crippen LogP contribution in [-0.4, -0.2) is 32.2 Å². The molecule has 1 aromatic rings. The maximum atomic E-state index is 12.4. The SMILES string of the molecule is COc1ccc2c(c1)C=C(C(=O)NC(CN)CC(C)C)CO2. The minimum Gasteiger partial charge on any atom is -0.497 e. The highest BCUT2D eigenvalue weighted by molar-refractivity contribution is 5.99. The Morgan fingerprint density at radius 2 is 2.23 bits per heavy atom. The van der Waals surface area contributed by atoms with Crippen LogP contribution in [0.5, 0.6) is 11.5 Å². The normalized spacial score (nSPS) is 14.7. The molecule has 1 atom stereocenters. The van der Waals surface area contributed by atoms with E-state index in [1.807, 2.05) is 24.3 Å². The molecule has 0 aromatic heterocycles. The van der Waals surface area contributed by atoms with Gasteiger partial charge < -0.3 is 20.5 Å². The number of methoxy groups -OCH3 is 1. The second-order valence-corrected chi connectivity index (χ2v) is 5.90. The van der Waals surface area contributed by atoms with Gasteiger partial charge in [0, 0.05) is 18.2 Å². The molecule has 2 rings (SSSR count). The number of fused-ring (bicyclic) bond motifs is 1. The average molecular weight is 304 g/mol. The molecule has 22 heavy (non-hydrogen) atoms. The van der Waals surface area contributed by atoms with Crippen LogP contribution in [0.2, 0.25) is 0 Å². The first-order valence-corrected chi connectivity index (χ1v) is 7.55. The highest BCUT2D eigenvalue weighted by Gasteiger charge is 2.20. The Hall–Kier alpha value is -2.01. The molecule has 1 aliphatic heterocycles. The Morgan fingerprint density at radius 1 is 1.45 bits per heavy atom. The molecule has 1 heterocycles. The zero-order valence-electron chi connectivity index (χ0n) is 13.4. The van der Waals surface area contributed by atoms with Crippen molar-refractivity contribution in [3.8, 4) is 11.5 Å². The number of hydrogen-bond donors (Lipinski definition) is 2. The van der Waals surface area contributed by atoms with E-state index in [0.29, 0.717) is 18.0 Å². The van der Waals surface area contributed by atoms with Crippen LogP contribution in [0, 0.1) is 5.92 Å². The van der Waals surface area contributed by atoms with Crippen LogP contribution >= 0.6 is 0 Å². The zero-order valence-corrected chi connectivity index (χ0v) is 13.4. The maximum absolute atomic E-state index is 12.4. The van der Waals surface area contributed by atoms with E-state index in [1.54, 1.807) is 7.11 Å². The highest BCUT2D eigenvalue weighted by atomic mass is 16.5. The van der Waals surface area contributed by atoms with Gasteiger partial charge in [0.25, 0.3) is 5.91 Å². The molecule has 0 radical (unpaired) electrons. The molecule has 0 aliphatic carbocycles. The summed E-state index contributed by atoms with van der Waals surface area (Å²) in [6, 6.07) is 5.53. The lowest BCUT2D eigenvalue weighted by Gasteiger charge is -2.22.